The summed E-state index contributed by atoms with van der Waals surface area (Å²) in [6, 6.07) is 23.2. The lowest BCUT2D eigenvalue weighted by molar-refractivity contribution is 0.475. The first-order valence-corrected chi connectivity index (χ1v) is 8.11. The molecule has 0 atom stereocenters. The van der Waals surface area contributed by atoms with E-state index in [9.17, 15) is 5.11 Å². The summed E-state index contributed by atoms with van der Waals surface area (Å²) in [6.07, 6.45) is 0. The first-order chi connectivity index (χ1) is 12.2. The van der Waals surface area contributed by atoms with Gasteiger partial charge in [0.1, 0.15) is 11.3 Å². The van der Waals surface area contributed by atoms with Crippen LogP contribution in [0.2, 0.25) is 0 Å². The van der Waals surface area contributed by atoms with Crippen molar-refractivity contribution < 1.29 is 9.52 Å². The van der Waals surface area contributed by atoms with Crippen molar-refractivity contribution in [1.29, 1.82) is 0 Å². The Morgan fingerprint density at radius 3 is 2.24 bits per heavy atom. The van der Waals surface area contributed by atoms with Crippen LogP contribution >= 0.6 is 0 Å². The SMILES string of the molecule is Cc1cc(O)cc2c(C#Cc3ccccc3)c(-c3ccccc3)oc12. The van der Waals surface area contributed by atoms with Crippen LogP contribution in [0.15, 0.2) is 77.2 Å². The number of phenolic OH excluding ortho intramolecular Hbond substituents is 1. The van der Waals surface area contributed by atoms with Crippen LogP contribution in [0.4, 0.5) is 0 Å². The lowest BCUT2D eigenvalue weighted by atomic mass is 10.0. The lowest BCUT2D eigenvalue weighted by Gasteiger charge is -1.97. The molecular formula is C23H16O2. The van der Waals surface area contributed by atoms with Gasteiger partial charge in [-0.3, -0.25) is 0 Å². The predicted molar refractivity (Wildman–Crippen MR) is 100 cm³/mol. The van der Waals surface area contributed by atoms with E-state index in [1.165, 1.54) is 0 Å². The summed E-state index contributed by atoms with van der Waals surface area (Å²) >= 11 is 0. The highest BCUT2D eigenvalue weighted by molar-refractivity contribution is 5.94. The molecule has 0 spiro atoms. The molecule has 0 aliphatic heterocycles. The second-order valence-electron chi connectivity index (χ2n) is 5.93. The van der Waals surface area contributed by atoms with E-state index >= 15 is 0 Å². The fourth-order valence-corrected chi connectivity index (χ4v) is 2.92. The van der Waals surface area contributed by atoms with Crippen LogP contribution in [-0.4, -0.2) is 5.11 Å². The normalized spacial score (nSPS) is 10.4. The Hall–Kier alpha value is -3.44. The molecule has 25 heavy (non-hydrogen) atoms. The van der Waals surface area contributed by atoms with Gasteiger partial charge in [-0.15, -0.1) is 0 Å². The van der Waals surface area contributed by atoms with Gasteiger partial charge in [0.25, 0.3) is 0 Å². The maximum Gasteiger partial charge on any atom is 0.151 e. The Morgan fingerprint density at radius 2 is 1.52 bits per heavy atom. The van der Waals surface area contributed by atoms with Gasteiger partial charge < -0.3 is 9.52 Å². The minimum atomic E-state index is 0.216. The number of hydrogen-bond acceptors (Lipinski definition) is 2. The van der Waals surface area contributed by atoms with Crippen LogP contribution in [0.5, 0.6) is 5.75 Å². The molecule has 0 saturated carbocycles. The molecule has 0 amide bonds. The number of phenols is 1. The standard InChI is InChI=1S/C23H16O2/c1-16-14-19(24)15-21-20(13-12-17-8-4-2-5-9-17)23(25-22(16)21)18-10-6-3-7-11-18/h2-11,14-15,24H,1H3. The third kappa shape index (κ3) is 2.88. The summed E-state index contributed by atoms with van der Waals surface area (Å²) in [6.45, 7) is 1.93. The monoisotopic (exact) mass is 324 g/mol. The minimum absolute atomic E-state index is 0.216. The summed E-state index contributed by atoms with van der Waals surface area (Å²) in [7, 11) is 0. The fraction of sp³-hybridized carbons (Fsp3) is 0.0435. The van der Waals surface area contributed by atoms with Crippen molar-refractivity contribution in [3.8, 4) is 28.9 Å². The molecule has 4 aromatic rings. The Morgan fingerprint density at radius 1 is 0.840 bits per heavy atom. The minimum Gasteiger partial charge on any atom is -0.508 e. The van der Waals surface area contributed by atoms with Crippen LogP contribution in [-0.2, 0) is 0 Å². The molecule has 3 aromatic carbocycles. The number of rotatable bonds is 1. The molecule has 0 unspecified atom stereocenters. The Labute approximate surface area is 146 Å². The molecule has 0 bridgehead atoms. The molecule has 1 N–H and O–H groups in total. The van der Waals surface area contributed by atoms with E-state index in [1.54, 1.807) is 12.1 Å². The Balaban J connectivity index is 1.99. The van der Waals surface area contributed by atoms with E-state index in [2.05, 4.69) is 11.8 Å². The van der Waals surface area contributed by atoms with Gasteiger partial charge in [0, 0.05) is 16.5 Å². The summed E-state index contributed by atoms with van der Waals surface area (Å²) in [5.41, 5.74) is 4.35. The number of fused-ring (bicyclic) bond motifs is 1. The van der Waals surface area contributed by atoms with Gasteiger partial charge in [-0.1, -0.05) is 60.4 Å². The topological polar surface area (TPSA) is 33.4 Å². The number of benzene rings is 3. The smallest absolute Gasteiger partial charge is 0.151 e. The zero-order chi connectivity index (χ0) is 17.2. The maximum absolute atomic E-state index is 10.0. The second kappa shape index (κ2) is 6.22. The van der Waals surface area contributed by atoms with Crippen LogP contribution in [0.25, 0.3) is 22.3 Å². The van der Waals surface area contributed by atoms with Crippen molar-refractivity contribution in [2.24, 2.45) is 0 Å². The molecule has 0 aliphatic carbocycles. The molecule has 2 heteroatoms. The summed E-state index contributed by atoms with van der Waals surface area (Å²) in [4.78, 5) is 0. The molecule has 0 aliphatic rings. The summed E-state index contributed by atoms with van der Waals surface area (Å²) in [5, 5.41) is 10.8. The van der Waals surface area contributed by atoms with Crippen molar-refractivity contribution in [1.82, 2.24) is 0 Å². The van der Waals surface area contributed by atoms with Crippen molar-refractivity contribution in [2.45, 2.75) is 6.92 Å². The van der Waals surface area contributed by atoms with Gasteiger partial charge in [-0.05, 0) is 36.8 Å². The molecule has 2 nitrogen and oxygen atoms in total. The predicted octanol–water partition coefficient (Wildman–Crippen LogP) is 5.51. The highest BCUT2D eigenvalue weighted by atomic mass is 16.3. The summed E-state index contributed by atoms with van der Waals surface area (Å²) < 4.78 is 6.15. The number of aryl methyl sites for hydroxylation is 1. The molecule has 0 saturated heterocycles. The van der Waals surface area contributed by atoms with Crippen molar-refractivity contribution >= 4 is 11.0 Å². The van der Waals surface area contributed by atoms with Crippen LogP contribution < -0.4 is 0 Å². The molecule has 0 fully saturated rings. The molecule has 1 aromatic heterocycles. The van der Waals surface area contributed by atoms with E-state index in [0.29, 0.717) is 0 Å². The number of hydrogen-bond donors (Lipinski definition) is 1. The van der Waals surface area contributed by atoms with Gasteiger partial charge in [-0.2, -0.15) is 0 Å². The van der Waals surface area contributed by atoms with Gasteiger partial charge in [-0.25, -0.2) is 0 Å². The van der Waals surface area contributed by atoms with Gasteiger partial charge in [0.15, 0.2) is 5.76 Å². The third-order valence-corrected chi connectivity index (χ3v) is 4.10. The zero-order valence-electron chi connectivity index (χ0n) is 13.8. The fourth-order valence-electron chi connectivity index (χ4n) is 2.92. The molecular weight excluding hydrogens is 308 g/mol. The van der Waals surface area contributed by atoms with Crippen molar-refractivity contribution in [3.05, 3.63) is 89.5 Å². The van der Waals surface area contributed by atoms with Gasteiger partial charge >= 0.3 is 0 Å². The van der Waals surface area contributed by atoms with Crippen LogP contribution in [0.3, 0.4) is 0 Å². The van der Waals surface area contributed by atoms with Crippen molar-refractivity contribution in [2.75, 3.05) is 0 Å². The Bertz CT molecular complexity index is 1090. The van der Waals surface area contributed by atoms with E-state index in [4.69, 9.17) is 4.42 Å². The largest absolute Gasteiger partial charge is 0.508 e. The first kappa shape index (κ1) is 15.1. The second-order valence-corrected chi connectivity index (χ2v) is 5.93. The van der Waals surface area contributed by atoms with Gasteiger partial charge in [0.2, 0.25) is 0 Å². The number of furan rings is 1. The van der Waals surface area contributed by atoms with Crippen molar-refractivity contribution in [3.63, 3.8) is 0 Å². The van der Waals surface area contributed by atoms with Gasteiger partial charge in [0.05, 0.1) is 5.56 Å². The van der Waals surface area contributed by atoms with E-state index < -0.39 is 0 Å². The maximum atomic E-state index is 10.0. The Kier molecular flexibility index (Phi) is 3.76. The highest BCUT2D eigenvalue weighted by Gasteiger charge is 2.16. The molecule has 0 radical (unpaired) electrons. The summed E-state index contributed by atoms with van der Waals surface area (Å²) in [5.74, 6) is 7.39. The van der Waals surface area contributed by atoms with Crippen LogP contribution in [0.1, 0.15) is 16.7 Å². The van der Waals surface area contributed by atoms with E-state index in [1.807, 2.05) is 67.6 Å². The molecule has 4 rings (SSSR count). The first-order valence-electron chi connectivity index (χ1n) is 8.11. The highest BCUT2D eigenvalue weighted by Crippen LogP contribution is 2.36. The zero-order valence-corrected chi connectivity index (χ0v) is 13.8. The number of aromatic hydroxyl groups is 1. The quantitative estimate of drug-likeness (QED) is 0.468. The van der Waals surface area contributed by atoms with Crippen LogP contribution in [0, 0.1) is 18.8 Å². The van der Waals surface area contributed by atoms with E-state index in [-0.39, 0.29) is 5.75 Å². The average molecular weight is 324 g/mol. The molecule has 1 heterocycles. The van der Waals surface area contributed by atoms with E-state index in [0.717, 1.165) is 39.0 Å². The molecule has 120 valence electrons. The lowest BCUT2D eigenvalue weighted by Crippen LogP contribution is -1.80. The average Bonchev–Trinajstić information content (AvgIpc) is 3.00. The third-order valence-electron chi connectivity index (χ3n) is 4.10.